The highest BCUT2D eigenvalue weighted by Crippen LogP contribution is 2.52. The molecule has 4 aromatic rings. The zero-order valence-electron chi connectivity index (χ0n) is 29.3. The van der Waals surface area contributed by atoms with Gasteiger partial charge in [0.1, 0.15) is 5.52 Å². The van der Waals surface area contributed by atoms with Crippen molar-refractivity contribution in [2.75, 3.05) is 43.5 Å². The van der Waals surface area contributed by atoms with E-state index in [0.29, 0.717) is 43.5 Å². The summed E-state index contributed by atoms with van der Waals surface area (Å²) in [5.74, 6) is 0.349. The van der Waals surface area contributed by atoms with E-state index < -0.39 is 11.2 Å². The largest absolute Gasteiger partial charge is 0.481 e. The van der Waals surface area contributed by atoms with Crippen LogP contribution in [0.4, 0.5) is 21.6 Å². The molecule has 3 aliphatic heterocycles. The number of likely N-dealkylation sites (tertiary alicyclic amines) is 2. The number of imidazole rings is 1. The number of hydrogen-bond donors (Lipinski definition) is 1. The number of nitrogens with one attached hydrogen (secondary N) is 1. The highest BCUT2D eigenvalue weighted by molar-refractivity contribution is 6.09. The van der Waals surface area contributed by atoms with Gasteiger partial charge in [-0.1, -0.05) is 18.6 Å². The topological polar surface area (TPSA) is 109 Å². The van der Waals surface area contributed by atoms with E-state index in [0.717, 1.165) is 53.8 Å². The summed E-state index contributed by atoms with van der Waals surface area (Å²) in [6.45, 7) is 9.15. The number of anilines is 3. The SMILES string of the molecule is COc1cc(F)c(Nc2nc(-c3ccc4c(c3)N(C3CC(N5CCCCC5)C3)C(=O)C43CCN(C(C)=O)CC3)cc3ncn(C(C)C)c23)cn1. The van der Waals surface area contributed by atoms with Gasteiger partial charge in [-0.2, -0.15) is 0 Å². The molecule has 2 amide bonds. The van der Waals surface area contributed by atoms with Crippen LogP contribution in [0.1, 0.15) is 77.3 Å². The molecule has 0 radical (unpaired) electrons. The van der Waals surface area contributed by atoms with Crippen molar-refractivity contribution in [3.8, 4) is 17.1 Å². The van der Waals surface area contributed by atoms with Crippen LogP contribution in [0.2, 0.25) is 0 Å². The van der Waals surface area contributed by atoms with E-state index in [1.54, 1.807) is 13.3 Å². The van der Waals surface area contributed by atoms with Crippen LogP contribution in [0.3, 0.4) is 0 Å². The number of pyridine rings is 2. The number of rotatable bonds is 7. The second kappa shape index (κ2) is 12.6. The number of benzene rings is 1. The molecule has 1 N–H and O–H groups in total. The molecule has 3 fully saturated rings. The van der Waals surface area contributed by atoms with Crippen LogP contribution >= 0.6 is 0 Å². The number of nitrogens with zero attached hydrogens (tertiary/aromatic N) is 7. The lowest BCUT2D eigenvalue weighted by molar-refractivity contribution is -0.134. The van der Waals surface area contributed by atoms with Crippen LogP contribution in [0.25, 0.3) is 22.3 Å². The first-order valence-electron chi connectivity index (χ1n) is 18.0. The molecule has 12 heteroatoms. The minimum atomic E-state index is -0.644. The standard InChI is InChI=1S/C38H45FN8O3/c1-23(2)46-22-41-31-20-30(42-36(35(31)46)43-32-21-40-34(50-4)19-29(32)39)25-8-9-28-33(16-25)47(27-17-26(18-27)45-12-6-5-7-13-45)37(49)38(28)10-14-44(15-11-38)24(3)48/h8-9,16,19-23,26-27H,5-7,10-15,17-18H2,1-4H3,(H,42,43). The fourth-order valence-corrected chi connectivity index (χ4v) is 8.58. The lowest BCUT2D eigenvalue weighted by atomic mass is 9.73. The van der Waals surface area contributed by atoms with Gasteiger partial charge in [0.15, 0.2) is 11.6 Å². The fourth-order valence-electron chi connectivity index (χ4n) is 8.58. The molecule has 0 bridgehead atoms. The summed E-state index contributed by atoms with van der Waals surface area (Å²) in [7, 11) is 1.45. The van der Waals surface area contributed by atoms with E-state index >= 15 is 4.39 Å². The Morgan fingerprint density at radius 1 is 1.02 bits per heavy atom. The van der Waals surface area contributed by atoms with Crippen molar-refractivity contribution >= 4 is 40.0 Å². The van der Waals surface area contributed by atoms with Crippen LogP contribution < -0.4 is 15.0 Å². The number of piperidine rings is 2. The quantitative estimate of drug-likeness (QED) is 0.246. The van der Waals surface area contributed by atoms with Gasteiger partial charge in [0.25, 0.3) is 0 Å². The third-order valence-corrected chi connectivity index (χ3v) is 11.5. The Balaban J connectivity index is 1.19. The Bertz CT molecular complexity index is 1960. The maximum Gasteiger partial charge on any atom is 0.238 e. The average molecular weight is 681 g/mol. The molecule has 8 rings (SSSR count). The van der Waals surface area contributed by atoms with Gasteiger partial charge in [-0.25, -0.2) is 19.3 Å². The summed E-state index contributed by atoms with van der Waals surface area (Å²) >= 11 is 0. The first-order chi connectivity index (χ1) is 24.2. The number of aromatic nitrogens is 4. The van der Waals surface area contributed by atoms with Gasteiger partial charge in [0.2, 0.25) is 17.7 Å². The van der Waals surface area contributed by atoms with Crippen molar-refractivity contribution in [1.82, 2.24) is 29.3 Å². The van der Waals surface area contributed by atoms with Crippen LogP contribution in [-0.2, 0) is 15.0 Å². The fraction of sp³-hybridized carbons (Fsp3) is 0.500. The van der Waals surface area contributed by atoms with Gasteiger partial charge in [-0.15, -0.1) is 0 Å². The summed E-state index contributed by atoms with van der Waals surface area (Å²) in [4.78, 5) is 47.5. The van der Waals surface area contributed by atoms with Gasteiger partial charge in [0, 0.05) is 55.5 Å². The highest BCUT2D eigenvalue weighted by atomic mass is 19.1. The third kappa shape index (κ3) is 5.39. The highest BCUT2D eigenvalue weighted by Gasteiger charge is 2.55. The molecule has 1 aromatic carbocycles. The zero-order chi connectivity index (χ0) is 34.7. The summed E-state index contributed by atoms with van der Waals surface area (Å²) < 4.78 is 22.3. The molecule has 11 nitrogen and oxygen atoms in total. The second-order valence-corrected chi connectivity index (χ2v) is 14.7. The maximum absolute atomic E-state index is 15.2. The molecular formula is C38H45FN8O3. The molecule has 2 saturated heterocycles. The normalized spacial score (nSPS) is 21.9. The molecule has 4 aliphatic rings. The van der Waals surface area contributed by atoms with E-state index in [1.807, 2.05) is 21.6 Å². The van der Waals surface area contributed by atoms with Crippen molar-refractivity contribution in [1.29, 1.82) is 0 Å². The minimum Gasteiger partial charge on any atom is -0.481 e. The van der Waals surface area contributed by atoms with E-state index in [2.05, 4.69) is 46.1 Å². The molecule has 0 atom stereocenters. The van der Waals surface area contributed by atoms with Crippen molar-refractivity contribution in [2.45, 2.75) is 89.3 Å². The molecule has 50 heavy (non-hydrogen) atoms. The average Bonchev–Trinajstić information content (AvgIpc) is 3.63. The summed E-state index contributed by atoms with van der Waals surface area (Å²) in [6, 6.07) is 10.2. The number of ether oxygens (including phenoxy) is 1. The smallest absolute Gasteiger partial charge is 0.238 e. The zero-order valence-corrected chi connectivity index (χ0v) is 29.3. The predicted octanol–water partition coefficient (Wildman–Crippen LogP) is 6.21. The van der Waals surface area contributed by atoms with Crippen molar-refractivity contribution < 1.29 is 18.7 Å². The number of hydrogen-bond acceptors (Lipinski definition) is 8. The summed E-state index contributed by atoms with van der Waals surface area (Å²) in [5, 5.41) is 3.19. The monoisotopic (exact) mass is 680 g/mol. The van der Waals surface area contributed by atoms with Crippen LogP contribution in [-0.4, -0.2) is 86.5 Å². The van der Waals surface area contributed by atoms with Crippen molar-refractivity contribution in [3.05, 3.63) is 54.2 Å². The third-order valence-electron chi connectivity index (χ3n) is 11.5. The molecule has 262 valence electrons. The van der Waals surface area contributed by atoms with Crippen molar-refractivity contribution in [2.24, 2.45) is 0 Å². The summed E-state index contributed by atoms with van der Waals surface area (Å²) in [6.07, 6.45) is 10.1. The van der Waals surface area contributed by atoms with Gasteiger partial charge < -0.3 is 29.3 Å². The first kappa shape index (κ1) is 32.6. The molecule has 6 heterocycles. The Kier molecular flexibility index (Phi) is 8.24. The number of carbonyl (C=O) groups excluding carboxylic acids is 2. The maximum atomic E-state index is 15.2. The first-order valence-corrected chi connectivity index (χ1v) is 18.0. The second-order valence-electron chi connectivity index (χ2n) is 14.7. The van der Waals surface area contributed by atoms with E-state index in [-0.39, 0.29) is 35.5 Å². The van der Waals surface area contributed by atoms with E-state index in [9.17, 15) is 9.59 Å². The molecule has 3 aromatic heterocycles. The van der Waals surface area contributed by atoms with Gasteiger partial charge in [-0.05, 0) is 83.2 Å². The van der Waals surface area contributed by atoms with Gasteiger partial charge in [0.05, 0.1) is 41.9 Å². The number of amides is 2. The minimum absolute atomic E-state index is 0.0529. The Labute approximate surface area is 291 Å². The number of methoxy groups -OCH3 is 1. The number of carbonyl (C=O) groups is 2. The van der Waals surface area contributed by atoms with Crippen LogP contribution in [0, 0.1) is 5.82 Å². The van der Waals surface area contributed by atoms with Gasteiger partial charge in [-0.3, -0.25) is 9.59 Å². The van der Waals surface area contributed by atoms with Crippen LogP contribution in [0.5, 0.6) is 5.88 Å². The Hall–Kier alpha value is -4.58. The van der Waals surface area contributed by atoms with Gasteiger partial charge >= 0.3 is 0 Å². The number of fused-ring (bicyclic) bond motifs is 3. The molecule has 0 unspecified atom stereocenters. The summed E-state index contributed by atoms with van der Waals surface area (Å²) in [5.41, 5.74) is 4.51. The molecule has 1 aliphatic carbocycles. The Morgan fingerprint density at radius 3 is 2.46 bits per heavy atom. The lowest BCUT2D eigenvalue weighted by Crippen LogP contribution is -2.58. The molecular weight excluding hydrogens is 635 g/mol. The molecule has 1 spiro atoms. The van der Waals surface area contributed by atoms with E-state index in [1.165, 1.54) is 38.6 Å². The Morgan fingerprint density at radius 2 is 1.78 bits per heavy atom. The van der Waals surface area contributed by atoms with Crippen LogP contribution in [0.15, 0.2) is 42.9 Å². The number of halogens is 1. The predicted molar refractivity (Wildman–Crippen MR) is 190 cm³/mol. The van der Waals surface area contributed by atoms with E-state index in [4.69, 9.17) is 14.7 Å². The molecule has 1 saturated carbocycles. The van der Waals surface area contributed by atoms with Crippen molar-refractivity contribution in [3.63, 3.8) is 0 Å². The lowest BCUT2D eigenvalue weighted by Gasteiger charge is -2.48.